The second kappa shape index (κ2) is 8.41. The van der Waals surface area contributed by atoms with E-state index in [4.69, 9.17) is 0 Å². The highest BCUT2D eigenvalue weighted by Crippen LogP contribution is 2.05. The minimum atomic E-state index is -0.264. The van der Waals surface area contributed by atoms with Crippen molar-refractivity contribution >= 4 is 12.0 Å². The third-order valence-electron chi connectivity index (χ3n) is 1.53. The van der Waals surface area contributed by atoms with E-state index in [2.05, 4.69) is 17.9 Å². The predicted octanol–water partition coefficient (Wildman–Crippen LogP) is 3.20. The van der Waals surface area contributed by atoms with Crippen LogP contribution in [-0.2, 0) is 9.53 Å². The summed E-state index contributed by atoms with van der Waals surface area (Å²) in [6.45, 7) is 8.49. The highest BCUT2D eigenvalue weighted by atomic mass is 19.1. The van der Waals surface area contributed by atoms with Gasteiger partial charge in [0.15, 0.2) is 0 Å². The first-order valence-corrected chi connectivity index (χ1v) is 4.73. The number of carbonyl (C=O) groups excluding carboxylic acids is 1. The summed E-state index contributed by atoms with van der Waals surface area (Å²) in [5, 5.41) is 0. The number of hydrogen-bond donors (Lipinski definition) is 0. The lowest BCUT2D eigenvalue weighted by Gasteiger charge is -1.91. The van der Waals surface area contributed by atoms with Gasteiger partial charge < -0.3 is 4.74 Å². The van der Waals surface area contributed by atoms with E-state index in [1.54, 1.807) is 18.2 Å². The molecule has 86 valence electrons. The van der Waals surface area contributed by atoms with Crippen LogP contribution in [0, 0.1) is 5.82 Å². The van der Waals surface area contributed by atoms with Crippen molar-refractivity contribution in [2.24, 2.45) is 0 Å². The molecule has 0 amide bonds. The van der Waals surface area contributed by atoms with Crippen LogP contribution in [0.4, 0.5) is 4.39 Å². The monoisotopic (exact) mass is 222 g/mol. The average Bonchev–Trinajstić information content (AvgIpc) is 2.28. The van der Waals surface area contributed by atoms with Crippen LogP contribution in [0.2, 0.25) is 0 Å². The van der Waals surface area contributed by atoms with E-state index in [9.17, 15) is 9.18 Å². The van der Waals surface area contributed by atoms with Crippen LogP contribution < -0.4 is 0 Å². The molecule has 0 unspecified atom stereocenters. The maximum Gasteiger partial charge on any atom is 0.302 e. The van der Waals surface area contributed by atoms with E-state index in [1.165, 1.54) is 25.1 Å². The van der Waals surface area contributed by atoms with Crippen LogP contribution in [0.1, 0.15) is 12.5 Å². The van der Waals surface area contributed by atoms with E-state index in [-0.39, 0.29) is 11.8 Å². The van der Waals surface area contributed by atoms with Crippen LogP contribution in [0.15, 0.2) is 43.5 Å². The molecule has 0 aliphatic carbocycles. The first kappa shape index (κ1) is 14.1. The third kappa shape index (κ3) is 6.54. The predicted molar refractivity (Wildman–Crippen MR) is 63.3 cm³/mol. The normalized spacial score (nSPS) is 8.38. The molecule has 0 aliphatic rings. The van der Waals surface area contributed by atoms with Gasteiger partial charge in [-0.3, -0.25) is 4.79 Å². The fourth-order valence-electron chi connectivity index (χ4n) is 0.817. The van der Waals surface area contributed by atoms with Gasteiger partial charge >= 0.3 is 5.97 Å². The first-order valence-electron chi connectivity index (χ1n) is 4.73. The van der Waals surface area contributed by atoms with Crippen LogP contribution in [0.25, 0.3) is 6.08 Å². The van der Waals surface area contributed by atoms with Gasteiger partial charge in [0.25, 0.3) is 0 Å². The van der Waals surface area contributed by atoms with Crippen molar-refractivity contribution in [3.63, 3.8) is 0 Å². The molecule has 3 heteroatoms. The van der Waals surface area contributed by atoms with E-state index in [1.807, 2.05) is 0 Å². The Bertz CT molecular complexity index is 359. The zero-order valence-electron chi connectivity index (χ0n) is 9.28. The fraction of sp³-hybridized carbons (Fsp3) is 0.154. The van der Waals surface area contributed by atoms with Crippen molar-refractivity contribution < 1.29 is 13.9 Å². The molecule has 0 bridgehead atoms. The Kier molecular flexibility index (Phi) is 7.41. The van der Waals surface area contributed by atoms with Crippen molar-refractivity contribution in [2.45, 2.75) is 6.92 Å². The fourth-order valence-corrected chi connectivity index (χ4v) is 0.817. The summed E-state index contributed by atoms with van der Waals surface area (Å²) in [4.78, 5) is 9.93. The molecule has 0 radical (unpaired) electrons. The largest absolute Gasteiger partial charge is 0.462 e. The molecule has 0 fully saturated rings. The van der Waals surface area contributed by atoms with Crippen molar-refractivity contribution in [3.05, 3.63) is 54.9 Å². The summed E-state index contributed by atoms with van der Waals surface area (Å²) in [6, 6.07) is 6.53. The Balaban J connectivity index is 0.000000293. The first-order chi connectivity index (χ1) is 7.61. The second-order valence-electron chi connectivity index (χ2n) is 2.82. The van der Waals surface area contributed by atoms with Crippen LogP contribution in [0.3, 0.4) is 0 Å². The Morgan fingerprint density at radius 2 is 2.06 bits per heavy atom. The minimum absolute atomic E-state index is 0.215. The summed E-state index contributed by atoms with van der Waals surface area (Å²) in [6.07, 6.45) is 3.02. The van der Waals surface area contributed by atoms with Gasteiger partial charge in [-0.1, -0.05) is 43.5 Å². The molecule has 0 spiro atoms. The number of ether oxygens (including phenoxy) is 1. The second-order valence-corrected chi connectivity index (χ2v) is 2.82. The van der Waals surface area contributed by atoms with Gasteiger partial charge in [0.05, 0.1) is 0 Å². The van der Waals surface area contributed by atoms with Crippen LogP contribution in [-0.4, -0.2) is 12.6 Å². The van der Waals surface area contributed by atoms with Crippen molar-refractivity contribution in [1.82, 2.24) is 0 Å². The summed E-state index contributed by atoms with van der Waals surface area (Å²) in [7, 11) is 0. The minimum Gasteiger partial charge on any atom is -0.462 e. The van der Waals surface area contributed by atoms with Crippen molar-refractivity contribution in [1.29, 1.82) is 0 Å². The molecular weight excluding hydrogens is 207 g/mol. The number of carbonyl (C=O) groups is 1. The van der Waals surface area contributed by atoms with Gasteiger partial charge in [-0.25, -0.2) is 4.39 Å². The number of rotatable bonds is 3. The highest BCUT2D eigenvalue weighted by molar-refractivity contribution is 5.65. The topological polar surface area (TPSA) is 26.3 Å². The van der Waals surface area contributed by atoms with Crippen molar-refractivity contribution in [3.8, 4) is 0 Å². The number of benzene rings is 1. The molecule has 0 saturated heterocycles. The molecule has 0 heterocycles. The maximum atomic E-state index is 12.5. The van der Waals surface area contributed by atoms with E-state index < -0.39 is 0 Å². The molecule has 0 aliphatic heterocycles. The summed E-state index contributed by atoms with van der Waals surface area (Å²) in [5.41, 5.74) is 0.553. The summed E-state index contributed by atoms with van der Waals surface area (Å²) >= 11 is 0. The molecule has 1 aromatic carbocycles. The maximum absolute atomic E-state index is 12.5. The van der Waals surface area contributed by atoms with Gasteiger partial charge in [-0.2, -0.15) is 0 Å². The summed E-state index contributed by atoms with van der Waals surface area (Å²) < 4.78 is 17.0. The molecule has 0 saturated carbocycles. The zero-order chi connectivity index (χ0) is 12.4. The smallest absolute Gasteiger partial charge is 0.302 e. The van der Waals surface area contributed by atoms with Gasteiger partial charge in [0.1, 0.15) is 12.4 Å². The van der Waals surface area contributed by atoms with Crippen LogP contribution in [0.5, 0.6) is 0 Å². The number of halogens is 1. The third-order valence-corrected chi connectivity index (χ3v) is 1.53. The SMILES string of the molecule is C=CCOC(C)=O.C=Cc1ccccc1F. The lowest BCUT2D eigenvalue weighted by atomic mass is 10.2. The van der Waals surface area contributed by atoms with Gasteiger partial charge in [-0.15, -0.1) is 0 Å². The molecule has 0 atom stereocenters. The Morgan fingerprint density at radius 1 is 1.44 bits per heavy atom. The Labute approximate surface area is 95.1 Å². The Hall–Kier alpha value is -1.90. The molecule has 1 rings (SSSR count). The van der Waals surface area contributed by atoms with Gasteiger partial charge in [0.2, 0.25) is 0 Å². The van der Waals surface area contributed by atoms with E-state index in [0.717, 1.165) is 0 Å². The van der Waals surface area contributed by atoms with E-state index >= 15 is 0 Å². The quantitative estimate of drug-likeness (QED) is 0.580. The van der Waals surface area contributed by atoms with Crippen molar-refractivity contribution in [2.75, 3.05) is 6.61 Å². The van der Waals surface area contributed by atoms with Gasteiger partial charge in [0, 0.05) is 12.5 Å². The molecule has 1 aromatic rings. The lowest BCUT2D eigenvalue weighted by molar-refractivity contribution is -0.139. The highest BCUT2D eigenvalue weighted by Gasteiger charge is 1.91. The van der Waals surface area contributed by atoms with Gasteiger partial charge in [-0.05, 0) is 6.07 Å². The molecular formula is C13H15FO2. The number of hydrogen-bond acceptors (Lipinski definition) is 2. The molecule has 2 nitrogen and oxygen atoms in total. The molecule has 0 aromatic heterocycles. The summed E-state index contributed by atoms with van der Waals surface area (Å²) in [5.74, 6) is -0.479. The standard InChI is InChI=1S/C8H7F.C5H8O2/c1-2-7-5-3-4-6-8(7)9;1-3-4-7-5(2)6/h2-6H,1H2;3H,1,4H2,2H3. The number of esters is 1. The lowest BCUT2D eigenvalue weighted by Crippen LogP contribution is -1.96. The molecule has 0 N–H and O–H groups in total. The van der Waals surface area contributed by atoms with E-state index in [0.29, 0.717) is 12.2 Å². The molecule has 16 heavy (non-hydrogen) atoms. The zero-order valence-corrected chi connectivity index (χ0v) is 9.28. The Morgan fingerprint density at radius 3 is 2.38 bits per heavy atom. The van der Waals surface area contributed by atoms with Crippen LogP contribution >= 0.6 is 0 Å². The average molecular weight is 222 g/mol.